The van der Waals surface area contributed by atoms with E-state index < -0.39 is 4.92 Å². The summed E-state index contributed by atoms with van der Waals surface area (Å²) in [6.45, 7) is 7.81. The lowest BCUT2D eigenvalue weighted by atomic mass is 10.2. The molecule has 0 unspecified atom stereocenters. The van der Waals surface area contributed by atoms with Crippen LogP contribution in [0.2, 0.25) is 0 Å². The van der Waals surface area contributed by atoms with E-state index in [0.29, 0.717) is 0 Å². The molecule has 6 nitrogen and oxygen atoms in total. The Labute approximate surface area is 112 Å². The van der Waals surface area contributed by atoms with Crippen molar-refractivity contribution in [2.45, 2.75) is 13.8 Å². The number of nitro groups is 1. The molecule has 0 aromatic heterocycles. The number of nitrogens with zero attached hydrogens (tertiary/aromatic N) is 3. The number of hydrogen-bond donors (Lipinski definition) is 1. The minimum Gasteiger partial charge on any atom is -0.384 e. The standard InChI is InChI=1S/C13H18N4O2/c1-3-16(4-2)8-7-15-12-5-6-13(17(18)19)11(9-12)10-14/h5-6,9,15H,3-4,7-8H2,1-2H3. The Bertz CT molecular complexity index is 478. The zero-order chi connectivity index (χ0) is 14.3. The fraction of sp³-hybridized carbons (Fsp3) is 0.462. The Morgan fingerprint density at radius 1 is 1.42 bits per heavy atom. The van der Waals surface area contributed by atoms with E-state index in [1.165, 1.54) is 12.1 Å². The van der Waals surface area contributed by atoms with Crippen molar-refractivity contribution in [1.82, 2.24) is 4.90 Å². The van der Waals surface area contributed by atoms with Crippen LogP contribution in [0, 0.1) is 21.4 Å². The maximum absolute atomic E-state index is 10.7. The topological polar surface area (TPSA) is 82.2 Å². The largest absolute Gasteiger partial charge is 0.384 e. The molecule has 0 radical (unpaired) electrons. The van der Waals surface area contributed by atoms with Gasteiger partial charge in [-0.1, -0.05) is 13.8 Å². The van der Waals surface area contributed by atoms with Crippen molar-refractivity contribution >= 4 is 11.4 Å². The molecule has 1 aromatic rings. The van der Waals surface area contributed by atoms with E-state index in [4.69, 9.17) is 5.26 Å². The predicted molar refractivity (Wildman–Crippen MR) is 74.1 cm³/mol. The van der Waals surface area contributed by atoms with Gasteiger partial charge in [0, 0.05) is 24.8 Å². The average molecular weight is 262 g/mol. The van der Waals surface area contributed by atoms with Gasteiger partial charge in [0.05, 0.1) is 4.92 Å². The normalized spacial score (nSPS) is 10.2. The smallest absolute Gasteiger partial charge is 0.287 e. The molecule has 1 N–H and O–H groups in total. The summed E-state index contributed by atoms with van der Waals surface area (Å²) >= 11 is 0. The van der Waals surface area contributed by atoms with E-state index >= 15 is 0 Å². The number of rotatable bonds is 7. The maximum Gasteiger partial charge on any atom is 0.287 e. The highest BCUT2D eigenvalue weighted by atomic mass is 16.6. The summed E-state index contributed by atoms with van der Waals surface area (Å²) in [5.41, 5.74) is 0.656. The Hall–Kier alpha value is -2.13. The minimum atomic E-state index is -0.543. The van der Waals surface area contributed by atoms with Gasteiger partial charge in [-0.3, -0.25) is 10.1 Å². The molecule has 1 aromatic carbocycles. The van der Waals surface area contributed by atoms with Gasteiger partial charge in [0.15, 0.2) is 0 Å². The summed E-state index contributed by atoms with van der Waals surface area (Å²) < 4.78 is 0. The van der Waals surface area contributed by atoms with E-state index in [-0.39, 0.29) is 11.3 Å². The number of nitrogens with one attached hydrogen (secondary N) is 1. The fourth-order valence-corrected chi connectivity index (χ4v) is 1.79. The summed E-state index contributed by atoms with van der Waals surface area (Å²) in [7, 11) is 0. The predicted octanol–water partition coefficient (Wildman–Crippen LogP) is 2.22. The van der Waals surface area contributed by atoms with Gasteiger partial charge in [-0.05, 0) is 25.2 Å². The van der Waals surface area contributed by atoms with Crippen LogP contribution in [0.1, 0.15) is 19.4 Å². The Morgan fingerprint density at radius 3 is 2.63 bits per heavy atom. The van der Waals surface area contributed by atoms with Gasteiger partial charge in [0.1, 0.15) is 11.6 Å². The van der Waals surface area contributed by atoms with Crippen LogP contribution in [0.5, 0.6) is 0 Å². The van der Waals surface area contributed by atoms with Crippen molar-refractivity contribution in [3.05, 3.63) is 33.9 Å². The van der Waals surface area contributed by atoms with Crippen LogP contribution in [0.4, 0.5) is 11.4 Å². The molecule has 0 spiro atoms. The number of likely N-dealkylation sites (N-methyl/N-ethyl adjacent to an activating group) is 1. The van der Waals surface area contributed by atoms with Crippen molar-refractivity contribution in [3.63, 3.8) is 0 Å². The summed E-state index contributed by atoms with van der Waals surface area (Å²) in [4.78, 5) is 12.4. The number of nitro benzene ring substituents is 1. The van der Waals surface area contributed by atoms with E-state index in [0.717, 1.165) is 31.9 Å². The Balaban J connectivity index is 2.66. The highest BCUT2D eigenvalue weighted by Gasteiger charge is 2.13. The highest BCUT2D eigenvalue weighted by molar-refractivity contribution is 5.58. The minimum absolute atomic E-state index is 0.0813. The number of nitriles is 1. The molecule has 0 aliphatic heterocycles. The van der Waals surface area contributed by atoms with Gasteiger partial charge in [-0.15, -0.1) is 0 Å². The molecule has 0 aliphatic rings. The van der Waals surface area contributed by atoms with Gasteiger partial charge in [0.25, 0.3) is 5.69 Å². The van der Waals surface area contributed by atoms with E-state index in [1.54, 1.807) is 6.07 Å². The van der Waals surface area contributed by atoms with E-state index in [2.05, 4.69) is 24.1 Å². The first kappa shape index (κ1) is 14.9. The number of hydrogen-bond acceptors (Lipinski definition) is 5. The van der Waals surface area contributed by atoms with Crippen LogP contribution >= 0.6 is 0 Å². The molecule has 0 saturated heterocycles. The zero-order valence-electron chi connectivity index (χ0n) is 11.2. The second-order valence-electron chi connectivity index (χ2n) is 4.05. The van der Waals surface area contributed by atoms with Crippen LogP contribution in [-0.4, -0.2) is 36.0 Å². The average Bonchev–Trinajstić information content (AvgIpc) is 2.43. The summed E-state index contributed by atoms with van der Waals surface area (Å²) in [6.07, 6.45) is 0. The lowest BCUT2D eigenvalue weighted by Gasteiger charge is -2.18. The summed E-state index contributed by atoms with van der Waals surface area (Å²) in [5, 5.41) is 22.8. The molecule has 19 heavy (non-hydrogen) atoms. The van der Waals surface area contributed by atoms with Crippen molar-refractivity contribution in [2.24, 2.45) is 0 Å². The van der Waals surface area contributed by atoms with Crippen molar-refractivity contribution < 1.29 is 4.92 Å². The summed E-state index contributed by atoms with van der Waals surface area (Å²) in [5.74, 6) is 0. The Kier molecular flexibility index (Phi) is 5.76. The molecule has 0 bridgehead atoms. The monoisotopic (exact) mass is 262 g/mol. The third-order valence-electron chi connectivity index (χ3n) is 2.97. The molecule has 0 aliphatic carbocycles. The van der Waals surface area contributed by atoms with Crippen LogP contribution in [-0.2, 0) is 0 Å². The number of benzene rings is 1. The zero-order valence-corrected chi connectivity index (χ0v) is 11.2. The second kappa shape index (κ2) is 7.34. The third-order valence-corrected chi connectivity index (χ3v) is 2.97. The van der Waals surface area contributed by atoms with Crippen molar-refractivity contribution in [1.29, 1.82) is 5.26 Å². The van der Waals surface area contributed by atoms with Crippen LogP contribution < -0.4 is 5.32 Å². The molecular weight excluding hydrogens is 244 g/mol. The first-order chi connectivity index (χ1) is 9.12. The molecule has 0 amide bonds. The SMILES string of the molecule is CCN(CC)CCNc1ccc([N+](=O)[O-])c(C#N)c1. The van der Waals surface area contributed by atoms with Gasteiger partial charge in [0.2, 0.25) is 0 Å². The van der Waals surface area contributed by atoms with Crippen LogP contribution in [0.3, 0.4) is 0 Å². The van der Waals surface area contributed by atoms with Crippen LogP contribution in [0.25, 0.3) is 0 Å². The van der Waals surface area contributed by atoms with Crippen molar-refractivity contribution in [2.75, 3.05) is 31.5 Å². The second-order valence-corrected chi connectivity index (χ2v) is 4.05. The molecule has 0 atom stereocenters. The van der Waals surface area contributed by atoms with Gasteiger partial charge in [-0.25, -0.2) is 0 Å². The third kappa shape index (κ3) is 4.23. The molecule has 102 valence electrons. The van der Waals surface area contributed by atoms with Crippen LogP contribution in [0.15, 0.2) is 18.2 Å². The van der Waals surface area contributed by atoms with Gasteiger partial charge < -0.3 is 10.2 Å². The first-order valence-corrected chi connectivity index (χ1v) is 6.27. The maximum atomic E-state index is 10.7. The highest BCUT2D eigenvalue weighted by Crippen LogP contribution is 2.21. The lowest BCUT2D eigenvalue weighted by Crippen LogP contribution is -2.28. The Morgan fingerprint density at radius 2 is 2.11 bits per heavy atom. The lowest BCUT2D eigenvalue weighted by molar-refractivity contribution is -0.385. The summed E-state index contributed by atoms with van der Waals surface area (Å²) in [6, 6.07) is 6.35. The fourth-order valence-electron chi connectivity index (χ4n) is 1.79. The molecule has 0 saturated carbocycles. The molecular formula is C13H18N4O2. The van der Waals surface area contributed by atoms with Gasteiger partial charge in [-0.2, -0.15) is 5.26 Å². The first-order valence-electron chi connectivity index (χ1n) is 6.27. The van der Waals surface area contributed by atoms with E-state index in [1.807, 2.05) is 6.07 Å². The molecule has 0 fully saturated rings. The molecule has 6 heteroatoms. The van der Waals surface area contributed by atoms with Crippen molar-refractivity contribution in [3.8, 4) is 6.07 Å². The quantitative estimate of drug-likeness (QED) is 0.601. The molecule has 0 heterocycles. The van der Waals surface area contributed by atoms with Gasteiger partial charge >= 0.3 is 0 Å². The molecule has 1 rings (SSSR count). The number of anilines is 1. The van der Waals surface area contributed by atoms with E-state index in [9.17, 15) is 10.1 Å².